The Kier molecular flexibility index (Phi) is 9.85. The summed E-state index contributed by atoms with van der Waals surface area (Å²) >= 11 is 0. The Labute approximate surface area is 210 Å². The minimum Gasteiger partial charge on any atom is -0.493 e. The summed E-state index contributed by atoms with van der Waals surface area (Å²) in [6.45, 7) is 2.16. The van der Waals surface area contributed by atoms with Crippen LogP contribution in [-0.4, -0.2) is 50.8 Å². The van der Waals surface area contributed by atoms with Crippen LogP contribution in [0, 0.1) is 5.82 Å². The second-order valence-corrected chi connectivity index (χ2v) is 7.91. The van der Waals surface area contributed by atoms with E-state index < -0.39 is 17.9 Å². The molecule has 0 heterocycles. The predicted molar refractivity (Wildman–Crippen MR) is 135 cm³/mol. The van der Waals surface area contributed by atoms with E-state index in [0.29, 0.717) is 28.4 Å². The number of esters is 1. The maximum atomic E-state index is 13.6. The molecule has 0 amide bonds. The highest BCUT2D eigenvalue weighted by Gasteiger charge is 2.14. The summed E-state index contributed by atoms with van der Waals surface area (Å²) in [5.74, 6) is 0.769. The third-order valence-corrected chi connectivity index (χ3v) is 5.19. The smallest absolute Gasteiger partial charge is 0.338 e. The summed E-state index contributed by atoms with van der Waals surface area (Å²) in [6, 6.07) is 20.0. The average Bonchev–Trinajstić information content (AvgIpc) is 2.90. The van der Waals surface area contributed by atoms with Crippen molar-refractivity contribution in [2.24, 2.45) is 0 Å². The molecule has 3 rings (SSSR count). The SMILES string of the molecule is COC(=O)C(=Cc1ccc(OCC(O)CNC(C)Oc2ccccc2OC)cc1)c1cccc(F)c1. The van der Waals surface area contributed by atoms with Crippen LogP contribution in [-0.2, 0) is 9.53 Å². The number of ether oxygens (including phenoxy) is 4. The Balaban J connectivity index is 1.52. The molecular formula is C28H30FNO6. The minimum absolute atomic E-state index is 0.0697. The largest absolute Gasteiger partial charge is 0.493 e. The summed E-state index contributed by atoms with van der Waals surface area (Å²) in [5.41, 5.74) is 1.36. The number of carbonyl (C=O) groups excluding carboxylic acids is 1. The van der Waals surface area contributed by atoms with E-state index >= 15 is 0 Å². The number of aliphatic hydroxyl groups excluding tert-OH is 1. The van der Waals surface area contributed by atoms with Crippen LogP contribution in [0.15, 0.2) is 72.8 Å². The van der Waals surface area contributed by atoms with Crippen molar-refractivity contribution in [2.45, 2.75) is 19.3 Å². The first-order chi connectivity index (χ1) is 17.4. The monoisotopic (exact) mass is 495 g/mol. The summed E-state index contributed by atoms with van der Waals surface area (Å²) in [5, 5.41) is 13.4. The van der Waals surface area contributed by atoms with Crippen molar-refractivity contribution < 1.29 is 33.2 Å². The van der Waals surface area contributed by atoms with Crippen molar-refractivity contribution >= 4 is 17.6 Å². The van der Waals surface area contributed by atoms with Gasteiger partial charge in [-0.3, -0.25) is 5.32 Å². The van der Waals surface area contributed by atoms with Gasteiger partial charge in [-0.05, 0) is 60.5 Å². The molecule has 0 aliphatic heterocycles. The van der Waals surface area contributed by atoms with Gasteiger partial charge in [0.2, 0.25) is 0 Å². The van der Waals surface area contributed by atoms with Crippen molar-refractivity contribution in [3.05, 3.63) is 89.7 Å². The summed E-state index contributed by atoms with van der Waals surface area (Å²) in [6.07, 6.45) is 0.489. The fourth-order valence-corrected chi connectivity index (χ4v) is 3.35. The topological polar surface area (TPSA) is 86.3 Å². The average molecular weight is 496 g/mol. The van der Waals surface area contributed by atoms with Gasteiger partial charge >= 0.3 is 5.97 Å². The van der Waals surface area contributed by atoms with Gasteiger partial charge in [-0.2, -0.15) is 0 Å². The zero-order valence-electron chi connectivity index (χ0n) is 20.4. The predicted octanol–water partition coefficient (Wildman–Crippen LogP) is 4.30. The summed E-state index contributed by atoms with van der Waals surface area (Å²) < 4.78 is 35.2. The number of nitrogens with one attached hydrogen (secondary N) is 1. The number of methoxy groups -OCH3 is 2. The van der Waals surface area contributed by atoms with Crippen molar-refractivity contribution in [3.8, 4) is 17.2 Å². The quantitative estimate of drug-likeness (QED) is 0.168. The highest BCUT2D eigenvalue weighted by Crippen LogP contribution is 2.26. The van der Waals surface area contributed by atoms with E-state index in [1.807, 2.05) is 31.2 Å². The van der Waals surface area contributed by atoms with Gasteiger partial charge in [0.15, 0.2) is 11.5 Å². The molecule has 0 aliphatic carbocycles. The molecule has 3 aromatic rings. The highest BCUT2D eigenvalue weighted by molar-refractivity contribution is 6.21. The van der Waals surface area contributed by atoms with Crippen LogP contribution in [0.2, 0.25) is 0 Å². The molecule has 7 nitrogen and oxygen atoms in total. The van der Waals surface area contributed by atoms with E-state index in [4.69, 9.17) is 18.9 Å². The zero-order valence-corrected chi connectivity index (χ0v) is 20.4. The van der Waals surface area contributed by atoms with Crippen molar-refractivity contribution in [1.82, 2.24) is 5.32 Å². The van der Waals surface area contributed by atoms with Gasteiger partial charge in [0.25, 0.3) is 0 Å². The lowest BCUT2D eigenvalue weighted by Crippen LogP contribution is -2.39. The second kappa shape index (κ2) is 13.3. The second-order valence-electron chi connectivity index (χ2n) is 7.91. The molecule has 0 fully saturated rings. The Morgan fingerprint density at radius 3 is 2.42 bits per heavy atom. The van der Waals surface area contributed by atoms with Gasteiger partial charge in [-0.25, -0.2) is 9.18 Å². The van der Waals surface area contributed by atoms with Gasteiger partial charge < -0.3 is 24.1 Å². The lowest BCUT2D eigenvalue weighted by Gasteiger charge is -2.20. The van der Waals surface area contributed by atoms with Gasteiger partial charge in [0.1, 0.15) is 30.5 Å². The van der Waals surface area contributed by atoms with Gasteiger partial charge in [-0.15, -0.1) is 0 Å². The highest BCUT2D eigenvalue weighted by atomic mass is 19.1. The Hall–Kier alpha value is -3.88. The van der Waals surface area contributed by atoms with E-state index in [-0.39, 0.29) is 25.0 Å². The number of hydrogen-bond acceptors (Lipinski definition) is 7. The minimum atomic E-state index is -0.771. The number of carbonyl (C=O) groups is 1. The molecule has 2 N–H and O–H groups in total. The molecule has 36 heavy (non-hydrogen) atoms. The lowest BCUT2D eigenvalue weighted by molar-refractivity contribution is -0.133. The fourth-order valence-electron chi connectivity index (χ4n) is 3.35. The standard InChI is InChI=1S/C28H30FNO6/c1-19(36-27-10-5-4-9-26(27)33-2)30-17-23(31)18-35-24-13-11-20(12-14-24)15-25(28(32)34-3)21-7-6-8-22(29)16-21/h4-16,19,23,30-31H,17-18H2,1-3H3. The Morgan fingerprint density at radius 1 is 1.03 bits per heavy atom. The van der Waals surface area contributed by atoms with E-state index in [1.165, 1.54) is 25.3 Å². The van der Waals surface area contributed by atoms with Crippen molar-refractivity contribution in [3.63, 3.8) is 0 Å². The van der Waals surface area contributed by atoms with Crippen LogP contribution in [0.4, 0.5) is 4.39 Å². The number of para-hydroxylation sites is 2. The molecule has 0 radical (unpaired) electrons. The summed E-state index contributed by atoms with van der Waals surface area (Å²) in [4.78, 5) is 12.2. The van der Waals surface area contributed by atoms with Gasteiger partial charge in [-0.1, -0.05) is 36.4 Å². The summed E-state index contributed by atoms with van der Waals surface area (Å²) in [7, 11) is 2.85. The third-order valence-electron chi connectivity index (χ3n) is 5.19. The number of benzene rings is 3. The Morgan fingerprint density at radius 2 is 1.75 bits per heavy atom. The van der Waals surface area contributed by atoms with Gasteiger partial charge in [0, 0.05) is 6.54 Å². The van der Waals surface area contributed by atoms with Crippen LogP contribution in [0.5, 0.6) is 17.2 Å². The molecule has 3 aromatic carbocycles. The molecule has 0 saturated carbocycles. The van der Waals surface area contributed by atoms with Crippen LogP contribution < -0.4 is 19.5 Å². The van der Waals surface area contributed by atoms with Crippen LogP contribution >= 0.6 is 0 Å². The van der Waals surface area contributed by atoms with Gasteiger partial charge in [0.05, 0.1) is 19.8 Å². The van der Waals surface area contributed by atoms with Crippen LogP contribution in [0.3, 0.4) is 0 Å². The number of aliphatic hydroxyl groups is 1. The molecule has 0 aromatic heterocycles. The maximum absolute atomic E-state index is 13.6. The molecule has 0 aliphatic rings. The fraction of sp³-hybridized carbons (Fsp3) is 0.250. The van der Waals surface area contributed by atoms with Crippen molar-refractivity contribution in [2.75, 3.05) is 27.4 Å². The molecule has 0 spiro atoms. The zero-order chi connectivity index (χ0) is 25.9. The first-order valence-corrected chi connectivity index (χ1v) is 11.4. The van der Waals surface area contributed by atoms with E-state index in [0.717, 1.165) is 0 Å². The lowest BCUT2D eigenvalue weighted by atomic mass is 10.0. The van der Waals surface area contributed by atoms with Crippen molar-refractivity contribution in [1.29, 1.82) is 0 Å². The van der Waals surface area contributed by atoms with Crippen LogP contribution in [0.25, 0.3) is 11.6 Å². The molecule has 0 saturated heterocycles. The molecule has 2 unspecified atom stereocenters. The molecular weight excluding hydrogens is 465 g/mol. The molecule has 0 bridgehead atoms. The first-order valence-electron chi connectivity index (χ1n) is 11.4. The number of hydrogen-bond donors (Lipinski definition) is 2. The van der Waals surface area contributed by atoms with Crippen LogP contribution in [0.1, 0.15) is 18.1 Å². The van der Waals surface area contributed by atoms with E-state index in [9.17, 15) is 14.3 Å². The normalized spacial score (nSPS) is 13.0. The van der Waals surface area contributed by atoms with E-state index in [2.05, 4.69) is 5.32 Å². The Bertz CT molecular complexity index is 1160. The van der Waals surface area contributed by atoms with E-state index in [1.54, 1.807) is 43.5 Å². The molecule has 8 heteroatoms. The first kappa shape index (κ1) is 26.7. The third kappa shape index (κ3) is 7.83. The maximum Gasteiger partial charge on any atom is 0.338 e. The number of halogens is 1. The number of rotatable bonds is 12. The molecule has 2 atom stereocenters. The molecule has 190 valence electrons.